The second kappa shape index (κ2) is 5.30. The highest BCUT2D eigenvalue weighted by Gasteiger charge is 2.28. The molecule has 0 bridgehead atoms. The first-order valence-corrected chi connectivity index (χ1v) is 6.28. The van der Waals surface area contributed by atoms with Crippen LogP contribution in [0.15, 0.2) is 0 Å². The number of halogens is 1. The van der Waals surface area contributed by atoms with Crippen molar-refractivity contribution >= 4 is 21.8 Å². The molecule has 88 valence electrons. The third-order valence-corrected chi connectivity index (χ3v) is 3.16. The van der Waals surface area contributed by atoms with Gasteiger partial charge < -0.3 is 10.1 Å². The average molecular weight is 278 g/mol. The van der Waals surface area contributed by atoms with E-state index in [0.29, 0.717) is 5.92 Å². The van der Waals surface area contributed by atoms with Crippen LogP contribution >= 0.6 is 15.9 Å². The van der Waals surface area contributed by atoms with Crippen molar-refractivity contribution in [1.29, 1.82) is 0 Å². The monoisotopic (exact) mass is 277 g/mol. The number of hydrogen-bond acceptors (Lipinski definition) is 2. The van der Waals surface area contributed by atoms with Crippen LogP contribution in [0.25, 0.3) is 0 Å². The Labute approximate surface area is 100 Å². The van der Waals surface area contributed by atoms with Gasteiger partial charge in [0.15, 0.2) is 0 Å². The Morgan fingerprint density at radius 1 is 1.60 bits per heavy atom. The van der Waals surface area contributed by atoms with Crippen LogP contribution in [0.1, 0.15) is 33.6 Å². The molecule has 0 spiro atoms. The van der Waals surface area contributed by atoms with Gasteiger partial charge in [0.2, 0.25) is 5.91 Å². The Morgan fingerprint density at radius 3 is 2.73 bits per heavy atom. The molecule has 1 rings (SSSR count). The largest absolute Gasteiger partial charge is 0.381 e. The van der Waals surface area contributed by atoms with Crippen molar-refractivity contribution in [3.05, 3.63) is 0 Å². The van der Waals surface area contributed by atoms with Crippen LogP contribution in [0.4, 0.5) is 0 Å². The Balaban J connectivity index is 2.40. The van der Waals surface area contributed by atoms with Gasteiger partial charge in [-0.1, -0.05) is 15.9 Å². The van der Waals surface area contributed by atoms with Crippen molar-refractivity contribution in [2.24, 2.45) is 5.92 Å². The molecule has 0 aromatic rings. The first-order chi connectivity index (χ1) is 6.91. The van der Waals surface area contributed by atoms with Crippen LogP contribution in [0, 0.1) is 5.92 Å². The summed E-state index contributed by atoms with van der Waals surface area (Å²) in [4.78, 5) is 11.7. The van der Waals surface area contributed by atoms with Gasteiger partial charge in [0.25, 0.3) is 0 Å². The lowest BCUT2D eigenvalue weighted by Gasteiger charge is -2.30. The zero-order valence-corrected chi connectivity index (χ0v) is 11.3. The summed E-state index contributed by atoms with van der Waals surface area (Å²) in [6.07, 6.45) is 2.24. The van der Waals surface area contributed by atoms with E-state index in [1.54, 1.807) is 0 Å². The molecule has 1 aliphatic heterocycles. The van der Waals surface area contributed by atoms with E-state index in [1.807, 2.05) is 13.8 Å². The first-order valence-electron chi connectivity index (χ1n) is 5.49. The standard InChI is InChI=1S/C11H20BrNO2/c1-8(9-5-4-6-15-7-9)13-10(14)11(2,3)12/h8-9H,4-7H2,1-3H3,(H,13,14). The topological polar surface area (TPSA) is 38.3 Å². The summed E-state index contributed by atoms with van der Waals surface area (Å²) >= 11 is 3.35. The van der Waals surface area contributed by atoms with Crippen LogP contribution in [0.2, 0.25) is 0 Å². The van der Waals surface area contributed by atoms with Crippen molar-refractivity contribution in [1.82, 2.24) is 5.32 Å². The maximum Gasteiger partial charge on any atom is 0.236 e. The van der Waals surface area contributed by atoms with Gasteiger partial charge in [0.05, 0.1) is 10.9 Å². The number of carbonyl (C=O) groups is 1. The highest BCUT2D eigenvalue weighted by molar-refractivity contribution is 9.10. The minimum atomic E-state index is -0.489. The predicted molar refractivity (Wildman–Crippen MR) is 64.2 cm³/mol. The fourth-order valence-electron chi connectivity index (χ4n) is 1.66. The van der Waals surface area contributed by atoms with Gasteiger partial charge in [-0.15, -0.1) is 0 Å². The molecule has 2 atom stereocenters. The molecule has 1 N–H and O–H groups in total. The fourth-order valence-corrected chi connectivity index (χ4v) is 1.77. The quantitative estimate of drug-likeness (QED) is 0.803. The Kier molecular flexibility index (Phi) is 4.59. The second-order valence-electron chi connectivity index (χ2n) is 4.71. The van der Waals surface area contributed by atoms with Crippen LogP contribution in [0.3, 0.4) is 0 Å². The third-order valence-electron chi connectivity index (χ3n) is 2.80. The zero-order chi connectivity index (χ0) is 11.5. The fraction of sp³-hybridized carbons (Fsp3) is 0.909. The summed E-state index contributed by atoms with van der Waals surface area (Å²) in [6, 6.07) is 0.189. The minimum absolute atomic E-state index is 0.0422. The van der Waals surface area contributed by atoms with E-state index in [1.165, 1.54) is 0 Å². The van der Waals surface area contributed by atoms with Gasteiger partial charge in [-0.2, -0.15) is 0 Å². The minimum Gasteiger partial charge on any atom is -0.381 e. The lowest BCUT2D eigenvalue weighted by Crippen LogP contribution is -2.47. The highest BCUT2D eigenvalue weighted by Crippen LogP contribution is 2.20. The molecule has 4 heteroatoms. The number of carbonyl (C=O) groups excluding carboxylic acids is 1. The smallest absolute Gasteiger partial charge is 0.236 e. The van der Waals surface area contributed by atoms with Gasteiger partial charge in [0.1, 0.15) is 0 Å². The lowest BCUT2D eigenvalue weighted by atomic mass is 9.94. The van der Waals surface area contributed by atoms with E-state index < -0.39 is 4.32 Å². The molecular formula is C11H20BrNO2. The Morgan fingerprint density at radius 2 is 2.27 bits per heavy atom. The number of nitrogens with one attached hydrogen (secondary N) is 1. The maximum atomic E-state index is 11.7. The summed E-state index contributed by atoms with van der Waals surface area (Å²) in [7, 11) is 0. The molecule has 1 saturated heterocycles. The van der Waals surface area contributed by atoms with Crippen LogP contribution in [-0.4, -0.2) is 29.5 Å². The molecule has 0 aromatic heterocycles. The zero-order valence-electron chi connectivity index (χ0n) is 9.68. The highest BCUT2D eigenvalue weighted by atomic mass is 79.9. The number of alkyl halides is 1. The van der Waals surface area contributed by atoms with Crippen LogP contribution in [-0.2, 0) is 9.53 Å². The molecule has 15 heavy (non-hydrogen) atoms. The van der Waals surface area contributed by atoms with E-state index in [-0.39, 0.29) is 11.9 Å². The maximum absolute atomic E-state index is 11.7. The molecule has 1 amide bonds. The van der Waals surface area contributed by atoms with E-state index >= 15 is 0 Å². The summed E-state index contributed by atoms with van der Waals surface area (Å²) < 4.78 is 4.92. The third kappa shape index (κ3) is 4.11. The molecule has 0 radical (unpaired) electrons. The summed E-state index contributed by atoms with van der Waals surface area (Å²) in [5.74, 6) is 0.498. The van der Waals surface area contributed by atoms with Gasteiger partial charge in [-0.05, 0) is 33.6 Å². The van der Waals surface area contributed by atoms with Crippen LogP contribution < -0.4 is 5.32 Å². The average Bonchev–Trinajstić information content (AvgIpc) is 2.17. The lowest BCUT2D eigenvalue weighted by molar-refractivity contribution is -0.123. The molecule has 0 aromatic carbocycles. The van der Waals surface area contributed by atoms with Crippen LogP contribution in [0.5, 0.6) is 0 Å². The van der Waals surface area contributed by atoms with Crippen molar-refractivity contribution in [3.8, 4) is 0 Å². The van der Waals surface area contributed by atoms with Crippen molar-refractivity contribution in [3.63, 3.8) is 0 Å². The molecule has 2 unspecified atom stereocenters. The van der Waals surface area contributed by atoms with Gasteiger partial charge in [-0.3, -0.25) is 4.79 Å². The summed E-state index contributed by atoms with van der Waals surface area (Å²) in [5.41, 5.74) is 0. The summed E-state index contributed by atoms with van der Waals surface area (Å²) in [6.45, 7) is 7.39. The second-order valence-corrected chi connectivity index (χ2v) is 6.69. The number of ether oxygens (including phenoxy) is 1. The van der Waals surface area contributed by atoms with Crippen molar-refractivity contribution in [2.75, 3.05) is 13.2 Å². The Hall–Kier alpha value is -0.0900. The molecule has 0 aliphatic carbocycles. The number of rotatable bonds is 3. The normalized spacial score (nSPS) is 24.7. The summed E-state index contributed by atoms with van der Waals surface area (Å²) in [5, 5.41) is 3.02. The molecule has 3 nitrogen and oxygen atoms in total. The van der Waals surface area contributed by atoms with Gasteiger partial charge in [-0.25, -0.2) is 0 Å². The van der Waals surface area contributed by atoms with Crippen molar-refractivity contribution < 1.29 is 9.53 Å². The molecular weight excluding hydrogens is 258 g/mol. The Bertz CT molecular complexity index is 219. The molecule has 1 fully saturated rings. The SMILES string of the molecule is CC(NC(=O)C(C)(C)Br)C1CCCOC1. The van der Waals surface area contributed by atoms with Gasteiger partial charge >= 0.3 is 0 Å². The van der Waals surface area contributed by atoms with E-state index in [2.05, 4.69) is 28.2 Å². The number of hydrogen-bond donors (Lipinski definition) is 1. The molecule has 0 saturated carbocycles. The van der Waals surface area contributed by atoms with Gasteiger partial charge in [0, 0.05) is 18.6 Å². The molecule has 1 aliphatic rings. The first kappa shape index (κ1) is 13.0. The predicted octanol–water partition coefficient (Wildman–Crippen LogP) is 2.09. The van der Waals surface area contributed by atoms with Crippen molar-refractivity contribution in [2.45, 2.75) is 44.0 Å². The molecule has 1 heterocycles. The van der Waals surface area contributed by atoms with E-state index in [9.17, 15) is 4.79 Å². The number of amides is 1. The van der Waals surface area contributed by atoms with E-state index in [4.69, 9.17) is 4.74 Å². The van der Waals surface area contributed by atoms with E-state index in [0.717, 1.165) is 26.1 Å².